The molecule has 0 bridgehead atoms. The predicted molar refractivity (Wildman–Crippen MR) is 46.3 cm³/mol. The number of carbonyl (C=O) groups is 1. The predicted octanol–water partition coefficient (Wildman–Crippen LogP) is -0.980. The fraction of sp³-hybridized carbons (Fsp3) is 0.800. The molecule has 0 saturated carbocycles. The van der Waals surface area contributed by atoms with E-state index in [4.69, 9.17) is 16.7 Å². The molecule has 12 heavy (non-hydrogen) atoms. The van der Waals surface area contributed by atoms with E-state index in [1.165, 1.54) is 0 Å². The molecule has 0 aromatic rings. The molecule has 0 aromatic carbocycles. The van der Waals surface area contributed by atoms with Crippen LogP contribution in [0.5, 0.6) is 0 Å². The second kappa shape index (κ2) is 5.34. The Hall–Kier alpha value is -0.330. The smallest absolute Gasteiger partial charge is 0.234 e. The fourth-order valence-electron chi connectivity index (χ4n) is 0.548. The Morgan fingerprint density at radius 1 is 1.50 bits per heavy atom. The molecule has 0 unspecified atom stereocenters. The largest absolute Gasteiger partial charge is 0.355 e. The van der Waals surface area contributed by atoms with E-state index in [-0.39, 0.29) is 24.1 Å². The molecule has 5 nitrogen and oxygen atoms in total. The van der Waals surface area contributed by atoms with Crippen molar-refractivity contribution in [1.29, 1.82) is 0 Å². The van der Waals surface area contributed by atoms with Crippen molar-refractivity contribution < 1.29 is 13.2 Å². The lowest BCUT2D eigenvalue weighted by atomic mass is 10.5. The highest BCUT2D eigenvalue weighted by molar-refractivity contribution is 7.89. The highest BCUT2D eigenvalue weighted by Crippen LogP contribution is 1.83. The van der Waals surface area contributed by atoms with Gasteiger partial charge in [-0.1, -0.05) is 0 Å². The van der Waals surface area contributed by atoms with Crippen LogP contribution in [0.3, 0.4) is 0 Å². The lowest BCUT2D eigenvalue weighted by Crippen LogP contribution is -2.27. The van der Waals surface area contributed by atoms with Crippen molar-refractivity contribution >= 4 is 27.5 Å². The molecule has 0 aliphatic carbocycles. The SMILES string of the molecule is NS(=O)(=O)CCCNC(=O)CCl. The zero-order chi connectivity index (χ0) is 9.61. The van der Waals surface area contributed by atoms with Gasteiger partial charge in [0.25, 0.3) is 0 Å². The zero-order valence-corrected chi connectivity index (χ0v) is 7.99. The summed E-state index contributed by atoms with van der Waals surface area (Å²) in [6, 6.07) is 0. The molecule has 0 heterocycles. The second-order valence-electron chi connectivity index (χ2n) is 2.20. The molecular formula is C5H11ClN2O3S. The van der Waals surface area contributed by atoms with Gasteiger partial charge in [0.15, 0.2) is 0 Å². The number of amides is 1. The fourth-order valence-corrected chi connectivity index (χ4v) is 1.19. The average molecular weight is 215 g/mol. The molecule has 0 radical (unpaired) electrons. The minimum atomic E-state index is -3.41. The summed E-state index contributed by atoms with van der Waals surface area (Å²) in [5.74, 6) is -0.559. The molecule has 3 N–H and O–H groups in total. The van der Waals surface area contributed by atoms with Crippen LogP contribution in [-0.4, -0.2) is 32.5 Å². The second-order valence-corrected chi connectivity index (χ2v) is 4.21. The number of hydrogen-bond donors (Lipinski definition) is 2. The van der Waals surface area contributed by atoms with Crippen molar-refractivity contribution in [2.75, 3.05) is 18.2 Å². The van der Waals surface area contributed by atoms with Crippen molar-refractivity contribution in [3.8, 4) is 0 Å². The van der Waals surface area contributed by atoms with Crippen molar-refractivity contribution in [1.82, 2.24) is 5.32 Å². The Morgan fingerprint density at radius 2 is 2.08 bits per heavy atom. The van der Waals surface area contributed by atoms with Gasteiger partial charge in [-0.3, -0.25) is 4.79 Å². The first-order chi connectivity index (χ1) is 5.45. The monoisotopic (exact) mass is 214 g/mol. The van der Waals surface area contributed by atoms with Crippen LogP contribution in [0.25, 0.3) is 0 Å². The molecule has 0 aromatic heterocycles. The lowest BCUT2D eigenvalue weighted by molar-refractivity contribution is -0.118. The molecule has 0 rings (SSSR count). The van der Waals surface area contributed by atoms with Crippen LogP contribution in [0.15, 0.2) is 0 Å². The summed E-state index contributed by atoms with van der Waals surface area (Å²) in [7, 11) is -3.41. The number of rotatable bonds is 5. The van der Waals surface area contributed by atoms with E-state index in [1.54, 1.807) is 0 Å². The molecule has 0 aliphatic heterocycles. The molecule has 7 heteroatoms. The van der Waals surface area contributed by atoms with Gasteiger partial charge in [0.2, 0.25) is 15.9 Å². The first-order valence-corrected chi connectivity index (χ1v) is 5.54. The van der Waals surface area contributed by atoms with Gasteiger partial charge in [-0.25, -0.2) is 13.6 Å². The first-order valence-electron chi connectivity index (χ1n) is 3.29. The molecule has 1 amide bonds. The number of primary sulfonamides is 1. The molecule has 0 spiro atoms. The Morgan fingerprint density at radius 3 is 2.50 bits per heavy atom. The Labute approximate surface area is 76.3 Å². The molecular weight excluding hydrogens is 204 g/mol. The Bertz CT molecular complexity index is 239. The van der Waals surface area contributed by atoms with Crippen molar-refractivity contribution in [3.05, 3.63) is 0 Å². The molecule has 0 atom stereocenters. The van der Waals surface area contributed by atoms with E-state index < -0.39 is 10.0 Å². The van der Waals surface area contributed by atoms with Crippen LogP contribution >= 0.6 is 11.6 Å². The van der Waals surface area contributed by atoms with Crippen molar-refractivity contribution in [2.45, 2.75) is 6.42 Å². The lowest BCUT2D eigenvalue weighted by Gasteiger charge is -2.00. The highest BCUT2D eigenvalue weighted by Gasteiger charge is 2.02. The number of halogens is 1. The normalized spacial score (nSPS) is 11.2. The van der Waals surface area contributed by atoms with Crippen molar-refractivity contribution in [2.24, 2.45) is 5.14 Å². The van der Waals surface area contributed by atoms with Gasteiger partial charge in [0, 0.05) is 6.54 Å². The summed E-state index contributed by atoms with van der Waals surface area (Å²) in [4.78, 5) is 10.5. The number of nitrogens with one attached hydrogen (secondary N) is 1. The molecule has 0 saturated heterocycles. The van der Waals surface area contributed by atoms with E-state index in [0.29, 0.717) is 6.42 Å². The van der Waals surface area contributed by atoms with Crippen LogP contribution in [-0.2, 0) is 14.8 Å². The highest BCUT2D eigenvalue weighted by atomic mass is 35.5. The number of alkyl halides is 1. The van der Waals surface area contributed by atoms with Gasteiger partial charge in [0.1, 0.15) is 5.88 Å². The molecule has 72 valence electrons. The third kappa shape index (κ3) is 7.77. The van der Waals surface area contributed by atoms with Gasteiger partial charge in [0.05, 0.1) is 5.75 Å². The third-order valence-corrected chi connectivity index (χ3v) is 2.15. The average Bonchev–Trinajstić information content (AvgIpc) is 1.96. The number of carbonyl (C=O) groups excluding carboxylic acids is 1. The van der Waals surface area contributed by atoms with Gasteiger partial charge in [-0.05, 0) is 6.42 Å². The summed E-state index contributed by atoms with van der Waals surface area (Å²) >= 11 is 5.17. The van der Waals surface area contributed by atoms with Gasteiger partial charge < -0.3 is 5.32 Å². The topological polar surface area (TPSA) is 89.3 Å². The van der Waals surface area contributed by atoms with Crippen LogP contribution in [0, 0.1) is 0 Å². The summed E-state index contributed by atoms with van der Waals surface area (Å²) in [5, 5.41) is 7.13. The molecule has 0 aliphatic rings. The summed E-state index contributed by atoms with van der Waals surface area (Å²) in [6.07, 6.45) is 0.307. The van der Waals surface area contributed by atoms with E-state index >= 15 is 0 Å². The Balaban J connectivity index is 3.40. The van der Waals surface area contributed by atoms with E-state index in [2.05, 4.69) is 5.32 Å². The minimum absolute atomic E-state index is 0.116. The van der Waals surface area contributed by atoms with E-state index in [1.807, 2.05) is 0 Å². The number of nitrogens with two attached hydrogens (primary N) is 1. The van der Waals surface area contributed by atoms with Gasteiger partial charge in [-0.2, -0.15) is 0 Å². The first kappa shape index (κ1) is 11.7. The summed E-state index contributed by atoms with van der Waals surface area (Å²) in [6.45, 7) is 0.280. The summed E-state index contributed by atoms with van der Waals surface area (Å²) in [5.41, 5.74) is 0. The van der Waals surface area contributed by atoms with Crippen LogP contribution in [0.4, 0.5) is 0 Å². The van der Waals surface area contributed by atoms with Crippen molar-refractivity contribution in [3.63, 3.8) is 0 Å². The van der Waals surface area contributed by atoms with E-state index in [9.17, 15) is 13.2 Å². The van der Waals surface area contributed by atoms with Crippen LogP contribution in [0.1, 0.15) is 6.42 Å². The van der Waals surface area contributed by atoms with Gasteiger partial charge in [-0.15, -0.1) is 11.6 Å². The summed E-state index contributed by atoms with van der Waals surface area (Å²) < 4.78 is 20.8. The zero-order valence-electron chi connectivity index (χ0n) is 6.42. The third-order valence-electron chi connectivity index (χ3n) is 1.05. The van der Waals surface area contributed by atoms with Crippen LogP contribution < -0.4 is 10.5 Å². The maximum Gasteiger partial charge on any atom is 0.234 e. The standard InChI is InChI=1S/C5H11ClN2O3S/c6-4-5(9)8-2-1-3-12(7,10)11/h1-4H2,(H,8,9)(H2,7,10,11). The molecule has 0 fully saturated rings. The maximum absolute atomic E-state index is 10.5. The van der Waals surface area contributed by atoms with Gasteiger partial charge >= 0.3 is 0 Å². The minimum Gasteiger partial charge on any atom is -0.355 e. The Kier molecular flexibility index (Phi) is 5.19. The van der Waals surface area contributed by atoms with E-state index in [0.717, 1.165) is 0 Å². The number of hydrogen-bond acceptors (Lipinski definition) is 3. The van der Waals surface area contributed by atoms with Crippen LogP contribution in [0.2, 0.25) is 0 Å². The quantitative estimate of drug-likeness (QED) is 0.455. The number of sulfonamides is 1. The maximum atomic E-state index is 10.5.